The molecule has 1 amide bonds. The number of allylic oxidation sites excluding steroid dienone is 3. The fraction of sp³-hybridized carbons (Fsp3) is 0.742. The predicted octanol–water partition coefficient (Wildman–Crippen LogP) is 5.20. The average Bonchev–Trinajstić information content (AvgIpc) is 3.62. The molecular formula is C31H47NO6. The van der Waals surface area contributed by atoms with E-state index in [1.165, 1.54) is 11.6 Å². The highest BCUT2D eigenvalue weighted by Crippen LogP contribution is 2.46. The van der Waals surface area contributed by atoms with Crippen LogP contribution in [0.2, 0.25) is 0 Å². The van der Waals surface area contributed by atoms with Gasteiger partial charge in [-0.05, 0) is 84.6 Å². The lowest BCUT2D eigenvalue weighted by Crippen LogP contribution is -2.43. The molecule has 7 nitrogen and oxygen atoms in total. The topological polar surface area (TPSA) is 86.4 Å². The van der Waals surface area contributed by atoms with Crippen LogP contribution in [0.1, 0.15) is 85.5 Å². The minimum Gasteiger partial charge on any atom is -0.458 e. The van der Waals surface area contributed by atoms with Gasteiger partial charge in [-0.3, -0.25) is 9.59 Å². The molecule has 4 aliphatic rings. The molecule has 4 rings (SSSR count). The van der Waals surface area contributed by atoms with Crippen LogP contribution in [-0.2, 0) is 28.5 Å². The third-order valence-corrected chi connectivity index (χ3v) is 8.26. The van der Waals surface area contributed by atoms with Gasteiger partial charge in [0.25, 0.3) is 0 Å². The average molecular weight is 530 g/mol. The van der Waals surface area contributed by atoms with E-state index in [1.807, 2.05) is 0 Å². The number of amides is 1. The summed E-state index contributed by atoms with van der Waals surface area (Å²) in [4.78, 5) is 24.6. The van der Waals surface area contributed by atoms with E-state index in [0.717, 1.165) is 51.6 Å². The van der Waals surface area contributed by atoms with Gasteiger partial charge >= 0.3 is 5.97 Å². The van der Waals surface area contributed by atoms with Crippen molar-refractivity contribution in [3.63, 3.8) is 0 Å². The van der Waals surface area contributed by atoms with Crippen LogP contribution in [0.3, 0.4) is 0 Å². The molecule has 3 atom stereocenters. The van der Waals surface area contributed by atoms with Crippen molar-refractivity contribution in [3.05, 3.63) is 36.0 Å². The van der Waals surface area contributed by atoms with Crippen LogP contribution < -0.4 is 5.32 Å². The number of epoxide rings is 1. The molecule has 1 saturated carbocycles. The lowest BCUT2D eigenvalue weighted by molar-refractivity contribution is -0.154. The highest BCUT2D eigenvalue weighted by molar-refractivity contribution is 5.87. The minimum atomic E-state index is -0.421. The molecule has 1 aliphatic carbocycles. The maximum atomic E-state index is 12.4. The van der Waals surface area contributed by atoms with Gasteiger partial charge in [-0.25, -0.2) is 0 Å². The standard InChI is InChI=1S/C31H47NO6/c1-22(6-13-27-19-31(21-36-31)20-30(3,4)38-27)5-8-24-9-11-26(12-10-24)32-28(33)14-7-23(2)37-29(34)25-15-17-35-18-16-25/h5-7,13-14,23-27H,8-12,15-21H2,1-4H3,(H,32,33)/b13-6+,14-7-,22-5+/t23-,24-,26+,27+,31+/m0/s1. The Hall–Kier alpha value is -1.96. The third kappa shape index (κ3) is 9.06. The summed E-state index contributed by atoms with van der Waals surface area (Å²) in [7, 11) is 0. The van der Waals surface area contributed by atoms with E-state index in [9.17, 15) is 9.59 Å². The monoisotopic (exact) mass is 529 g/mol. The molecule has 38 heavy (non-hydrogen) atoms. The zero-order valence-electron chi connectivity index (χ0n) is 23.7. The first-order chi connectivity index (χ1) is 18.1. The van der Waals surface area contributed by atoms with Crippen molar-refractivity contribution in [2.24, 2.45) is 11.8 Å². The lowest BCUT2D eigenvalue weighted by atomic mass is 9.83. The molecule has 0 unspecified atom stereocenters. The summed E-state index contributed by atoms with van der Waals surface area (Å²) in [5.74, 6) is 0.243. The van der Waals surface area contributed by atoms with Crippen LogP contribution in [-0.4, -0.2) is 61.1 Å². The van der Waals surface area contributed by atoms with Gasteiger partial charge in [-0.15, -0.1) is 0 Å². The molecule has 3 saturated heterocycles. The van der Waals surface area contributed by atoms with Gasteiger partial charge in [0.1, 0.15) is 6.10 Å². The molecule has 212 valence electrons. The molecule has 1 spiro atoms. The van der Waals surface area contributed by atoms with Crippen LogP contribution in [0.5, 0.6) is 0 Å². The Bertz CT molecular complexity index is 897. The fourth-order valence-electron chi connectivity index (χ4n) is 6.08. The van der Waals surface area contributed by atoms with Crippen LogP contribution in [0, 0.1) is 11.8 Å². The molecule has 3 heterocycles. The van der Waals surface area contributed by atoms with Gasteiger partial charge in [-0.2, -0.15) is 0 Å². The van der Waals surface area contributed by atoms with E-state index in [0.29, 0.717) is 32.0 Å². The summed E-state index contributed by atoms with van der Waals surface area (Å²) in [6.45, 7) is 10.3. The first-order valence-corrected chi connectivity index (χ1v) is 14.6. The van der Waals surface area contributed by atoms with Crippen molar-refractivity contribution in [3.8, 4) is 0 Å². The number of hydrogen-bond donors (Lipinski definition) is 1. The number of hydrogen-bond acceptors (Lipinski definition) is 6. The van der Waals surface area contributed by atoms with Crippen molar-refractivity contribution < 1.29 is 28.5 Å². The molecule has 0 aromatic heterocycles. The van der Waals surface area contributed by atoms with Gasteiger partial charge in [0.15, 0.2) is 0 Å². The number of carbonyl (C=O) groups is 2. The summed E-state index contributed by atoms with van der Waals surface area (Å²) in [5, 5.41) is 3.12. The van der Waals surface area contributed by atoms with Crippen LogP contribution in [0.4, 0.5) is 0 Å². The third-order valence-electron chi connectivity index (χ3n) is 8.26. The van der Waals surface area contributed by atoms with Crippen LogP contribution in [0.25, 0.3) is 0 Å². The van der Waals surface area contributed by atoms with Crippen molar-refractivity contribution >= 4 is 11.9 Å². The Kier molecular flexibility index (Phi) is 9.88. The predicted molar refractivity (Wildman–Crippen MR) is 147 cm³/mol. The smallest absolute Gasteiger partial charge is 0.309 e. The molecule has 3 aliphatic heterocycles. The summed E-state index contributed by atoms with van der Waals surface area (Å²) in [6.07, 6.45) is 18.2. The Morgan fingerprint density at radius 1 is 1.08 bits per heavy atom. The van der Waals surface area contributed by atoms with Gasteiger partial charge in [0.05, 0.1) is 29.8 Å². The summed E-state index contributed by atoms with van der Waals surface area (Å²) >= 11 is 0. The van der Waals surface area contributed by atoms with E-state index < -0.39 is 6.10 Å². The van der Waals surface area contributed by atoms with E-state index in [4.69, 9.17) is 18.9 Å². The van der Waals surface area contributed by atoms with Gasteiger partial charge < -0.3 is 24.3 Å². The first-order valence-electron chi connectivity index (χ1n) is 14.6. The minimum absolute atomic E-state index is 0.0496. The van der Waals surface area contributed by atoms with Crippen molar-refractivity contribution in [2.45, 2.75) is 115 Å². The number of carbonyl (C=O) groups excluding carboxylic acids is 2. The van der Waals surface area contributed by atoms with Gasteiger partial charge in [0.2, 0.25) is 5.91 Å². The maximum Gasteiger partial charge on any atom is 0.309 e. The van der Waals surface area contributed by atoms with E-state index >= 15 is 0 Å². The van der Waals surface area contributed by atoms with Crippen molar-refractivity contribution in [1.29, 1.82) is 0 Å². The van der Waals surface area contributed by atoms with Gasteiger partial charge in [-0.1, -0.05) is 23.8 Å². The highest BCUT2D eigenvalue weighted by Gasteiger charge is 2.53. The summed E-state index contributed by atoms with van der Waals surface area (Å²) in [5.41, 5.74) is 1.18. The number of nitrogens with one attached hydrogen (secondary N) is 1. The van der Waals surface area contributed by atoms with Crippen LogP contribution >= 0.6 is 0 Å². The normalized spacial score (nSPS) is 32.9. The molecule has 0 aromatic carbocycles. The Morgan fingerprint density at radius 3 is 2.47 bits per heavy atom. The maximum absolute atomic E-state index is 12.4. The van der Waals surface area contributed by atoms with Crippen molar-refractivity contribution in [2.75, 3.05) is 19.8 Å². The van der Waals surface area contributed by atoms with Gasteiger partial charge in [0, 0.05) is 38.2 Å². The Labute approximate surface area is 228 Å². The molecule has 4 fully saturated rings. The Morgan fingerprint density at radius 2 is 1.79 bits per heavy atom. The van der Waals surface area contributed by atoms with E-state index in [2.05, 4.69) is 44.3 Å². The first kappa shape index (κ1) is 29.0. The van der Waals surface area contributed by atoms with Crippen molar-refractivity contribution in [1.82, 2.24) is 5.32 Å². The molecule has 0 aromatic rings. The quantitative estimate of drug-likeness (QED) is 0.191. The molecule has 0 radical (unpaired) electrons. The zero-order valence-corrected chi connectivity index (χ0v) is 23.7. The lowest BCUT2D eigenvalue weighted by Gasteiger charge is -2.38. The largest absolute Gasteiger partial charge is 0.458 e. The highest BCUT2D eigenvalue weighted by atomic mass is 16.6. The number of esters is 1. The molecular weight excluding hydrogens is 482 g/mol. The van der Waals surface area contributed by atoms with E-state index in [-0.39, 0.29) is 41.1 Å². The fourth-order valence-corrected chi connectivity index (χ4v) is 6.08. The molecule has 0 bridgehead atoms. The van der Waals surface area contributed by atoms with Crippen LogP contribution in [0.15, 0.2) is 36.0 Å². The second-order valence-corrected chi connectivity index (χ2v) is 12.4. The SMILES string of the molecule is CC(/C=C/[C@@H]1C[C@]2(CO2)CC(C)(C)O1)=C\C[C@H]1CC[C@@H](NC(=O)/C=C\[C@H](C)OC(=O)C2CCOCC2)CC1. The second-order valence-electron chi connectivity index (χ2n) is 12.4. The second kappa shape index (κ2) is 12.9. The Balaban J connectivity index is 1.12. The molecule has 7 heteroatoms. The number of rotatable bonds is 9. The number of ether oxygens (including phenoxy) is 4. The van der Waals surface area contributed by atoms with E-state index in [1.54, 1.807) is 13.0 Å². The summed E-state index contributed by atoms with van der Waals surface area (Å²) < 4.78 is 22.8. The zero-order chi connectivity index (χ0) is 27.2. The summed E-state index contributed by atoms with van der Waals surface area (Å²) in [6, 6.07) is 0.206. The molecule has 1 N–H and O–H groups in total.